The summed E-state index contributed by atoms with van der Waals surface area (Å²) in [5.74, 6) is -0.642. The van der Waals surface area contributed by atoms with Crippen LogP contribution in [0, 0.1) is 13.8 Å². The van der Waals surface area contributed by atoms with Crippen molar-refractivity contribution in [2.24, 2.45) is 7.05 Å². The van der Waals surface area contributed by atoms with Gasteiger partial charge in [-0.25, -0.2) is 4.57 Å². The second-order valence-corrected chi connectivity index (χ2v) is 4.94. The number of aryl methyl sites for hydroxylation is 3. The van der Waals surface area contributed by atoms with Gasteiger partial charge in [0.05, 0.1) is 0 Å². The molecule has 0 saturated carbocycles. The Morgan fingerprint density at radius 3 is 2.56 bits per heavy atom. The predicted molar refractivity (Wildman–Crippen MR) is 76.6 cm³/mol. The predicted octanol–water partition coefficient (Wildman–Crippen LogP) is 3.92. The van der Waals surface area contributed by atoms with E-state index in [1.54, 1.807) is 12.1 Å². The normalized spacial score (nSPS) is 15.6. The minimum Gasteiger partial charge on any atom is -0.201 e. The van der Waals surface area contributed by atoms with Gasteiger partial charge in [0, 0.05) is 22.7 Å². The highest BCUT2D eigenvalue weighted by molar-refractivity contribution is 5.61. The molecule has 0 N–H and O–H groups in total. The highest BCUT2D eigenvalue weighted by Gasteiger charge is 2.13. The number of rotatable bonds is 2. The quantitative estimate of drug-likeness (QED) is 0.705. The molecule has 94 valence electrons. The Labute approximate surface area is 116 Å². The van der Waals surface area contributed by atoms with Crippen molar-refractivity contribution in [3.8, 4) is 11.3 Å². The van der Waals surface area contributed by atoms with Crippen LogP contribution in [-0.2, 0) is 7.05 Å². The van der Waals surface area contributed by atoms with Gasteiger partial charge < -0.3 is 0 Å². The summed E-state index contributed by atoms with van der Waals surface area (Å²) in [6.07, 6.45) is 1.96. The van der Waals surface area contributed by atoms with Crippen LogP contribution < -0.4 is 4.57 Å². The Balaban J connectivity index is 2.49. The first-order valence-corrected chi connectivity index (χ1v) is 6.12. The molecule has 0 aliphatic rings. The number of hydrogen-bond acceptors (Lipinski definition) is 0. The summed E-state index contributed by atoms with van der Waals surface area (Å²) in [7, 11) is 1.95. The maximum Gasteiger partial charge on any atom is 0.212 e. The van der Waals surface area contributed by atoms with Gasteiger partial charge in [-0.05, 0) is 37.4 Å². The molecular weight excluding hydrogens is 218 g/mol. The van der Waals surface area contributed by atoms with Gasteiger partial charge in [0.25, 0.3) is 0 Å². The summed E-state index contributed by atoms with van der Waals surface area (Å²) < 4.78 is 32.6. The van der Waals surface area contributed by atoms with Gasteiger partial charge in [-0.1, -0.05) is 31.5 Å². The van der Waals surface area contributed by atoms with Crippen molar-refractivity contribution in [1.29, 1.82) is 0 Å². The van der Waals surface area contributed by atoms with Crippen LogP contribution in [-0.4, -0.2) is 0 Å². The number of benzene rings is 1. The van der Waals surface area contributed by atoms with E-state index in [0.29, 0.717) is 5.56 Å². The minimum absolute atomic E-state index is 0.361. The van der Waals surface area contributed by atoms with Crippen LogP contribution in [0.15, 0.2) is 36.5 Å². The summed E-state index contributed by atoms with van der Waals surface area (Å²) >= 11 is 0. The van der Waals surface area contributed by atoms with Crippen molar-refractivity contribution in [2.75, 3.05) is 0 Å². The summed E-state index contributed by atoms with van der Waals surface area (Å²) in [6, 6.07) is 9.20. The highest BCUT2D eigenvalue weighted by atomic mass is 14.9. The first-order chi connectivity index (χ1) is 10.00. The van der Waals surface area contributed by atoms with Gasteiger partial charge in [0.1, 0.15) is 7.05 Å². The number of aromatic nitrogens is 1. The summed E-state index contributed by atoms with van der Waals surface area (Å²) in [6.45, 7) is 3.56. The first-order valence-electron chi connectivity index (χ1n) is 8.12. The van der Waals surface area contributed by atoms with E-state index in [-0.39, 0.29) is 0 Å². The summed E-state index contributed by atoms with van der Waals surface area (Å²) in [5, 5.41) is 0. The third kappa shape index (κ3) is 2.45. The molecule has 1 aromatic heterocycles. The summed E-state index contributed by atoms with van der Waals surface area (Å²) in [4.78, 5) is 0. The van der Waals surface area contributed by atoms with Crippen molar-refractivity contribution in [3.63, 3.8) is 0 Å². The largest absolute Gasteiger partial charge is 0.212 e. The molecule has 0 amide bonds. The molecule has 18 heavy (non-hydrogen) atoms. The molecule has 0 atom stereocenters. The molecule has 0 fully saturated rings. The number of hydrogen-bond donors (Lipinski definition) is 0. The van der Waals surface area contributed by atoms with Gasteiger partial charge >= 0.3 is 0 Å². The first kappa shape index (κ1) is 8.47. The molecule has 0 saturated heterocycles. The van der Waals surface area contributed by atoms with Gasteiger partial charge in [0.15, 0.2) is 6.20 Å². The lowest BCUT2D eigenvalue weighted by Gasteiger charge is -2.08. The van der Waals surface area contributed by atoms with E-state index in [1.165, 1.54) is 0 Å². The van der Waals surface area contributed by atoms with Gasteiger partial charge in [0.2, 0.25) is 5.69 Å². The van der Waals surface area contributed by atoms with Crippen molar-refractivity contribution < 1.29 is 10.1 Å². The van der Waals surface area contributed by atoms with Crippen LogP contribution in [0.3, 0.4) is 0 Å². The molecule has 1 heterocycles. The van der Waals surface area contributed by atoms with E-state index in [4.69, 9.17) is 5.48 Å². The molecule has 1 heteroatoms. The molecule has 0 bridgehead atoms. The lowest BCUT2D eigenvalue weighted by molar-refractivity contribution is -0.660. The molecule has 0 spiro atoms. The lowest BCUT2D eigenvalue weighted by Crippen LogP contribution is -2.31. The van der Waals surface area contributed by atoms with E-state index in [1.807, 2.05) is 56.8 Å². The zero-order valence-electron chi connectivity index (χ0n) is 15.4. The van der Waals surface area contributed by atoms with E-state index in [9.17, 15) is 0 Å². The van der Waals surface area contributed by atoms with Crippen LogP contribution in [0.1, 0.15) is 41.9 Å². The van der Waals surface area contributed by atoms with E-state index >= 15 is 0 Å². The fraction of sp³-hybridized carbons (Fsp3) is 0.353. The zero-order chi connectivity index (χ0) is 16.7. The van der Waals surface area contributed by atoms with Crippen LogP contribution in [0.4, 0.5) is 0 Å². The second-order valence-electron chi connectivity index (χ2n) is 4.94. The fourth-order valence-electron chi connectivity index (χ4n) is 2.13. The lowest BCUT2D eigenvalue weighted by atomic mass is 10.00. The third-order valence-corrected chi connectivity index (χ3v) is 3.21. The van der Waals surface area contributed by atoms with Crippen molar-refractivity contribution >= 4 is 0 Å². The molecular formula is C17H22N+. The maximum absolute atomic E-state index is 8.11. The zero-order valence-corrected chi connectivity index (χ0v) is 11.4. The number of pyridine rings is 1. The molecule has 0 unspecified atom stereocenters. The average molecular weight is 244 g/mol. The summed E-state index contributed by atoms with van der Waals surface area (Å²) in [5.41, 5.74) is 4.24. The van der Waals surface area contributed by atoms with Crippen LogP contribution in [0.25, 0.3) is 11.3 Å². The Kier molecular flexibility index (Phi) is 2.32. The highest BCUT2D eigenvalue weighted by Crippen LogP contribution is 2.22. The topological polar surface area (TPSA) is 3.88 Å². The fourth-order valence-corrected chi connectivity index (χ4v) is 2.13. The second kappa shape index (κ2) is 4.93. The molecule has 2 aromatic rings. The van der Waals surface area contributed by atoms with E-state index in [0.717, 1.165) is 22.4 Å². The van der Waals surface area contributed by atoms with E-state index in [2.05, 4.69) is 0 Å². The number of nitrogens with zero attached hydrogens (tertiary/aromatic N) is 1. The molecule has 2 rings (SSSR count). The van der Waals surface area contributed by atoms with E-state index < -0.39 is 12.7 Å². The van der Waals surface area contributed by atoms with Gasteiger partial charge in [-0.3, -0.25) is 0 Å². The van der Waals surface area contributed by atoms with Crippen molar-refractivity contribution in [2.45, 2.75) is 33.5 Å². The van der Waals surface area contributed by atoms with Crippen LogP contribution in [0.5, 0.6) is 0 Å². The SMILES string of the molecule is [2H]C([2H])([2H])c1ccc(-c2ccc(C([2H])(C)C)c[n+]2C)c(C)c1. The Morgan fingerprint density at radius 2 is 2.00 bits per heavy atom. The maximum atomic E-state index is 8.11. The van der Waals surface area contributed by atoms with Gasteiger partial charge in [-0.15, -0.1) is 0 Å². The smallest absolute Gasteiger partial charge is 0.201 e. The Morgan fingerprint density at radius 1 is 1.22 bits per heavy atom. The Hall–Kier alpha value is -1.63. The van der Waals surface area contributed by atoms with Crippen molar-refractivity contribution in [3.05, 3.63) is 53.2 Å². The molecule has 1 aromatic carbocycles. The van der Waals surface area contributed by atoms with Crippen LogP contribution in [0.2, 0.25) is 0 Å². The third-order valence-electron chi connectivity index (χ3n) is 3.21. The molecule has 0 aliphatic carbocycles. The van der Waals surface area contributed by atoms with Crippen LogP contribution >= 0.6 is 0 Å². The molecule has 0 radical (unpaired) electrons. The standard InChI is InChI=1S/C17H22N/c1-12(2)15-7-9-17(18(5)11-15)16-8-6-13(3)10-14(16)4/h6-12H,1-5H3/q+1/i3D3,12D. The molecule has 1 nitrogen and oxygen atoms in total. The Bertz CT molecular complexity index is 635. The molecule has 0 aliphatic heterocycles. The average Bonchev–Trinajstić information content (AvgIpc) is 2.37. The monoisotopic (exact) mass is 244 g/mol. The van der Waals surface area contributed by atoms with Gasteiger partial charge in [-0.2, -0.15) is 0 Å². The minimum atomic E-state index is -2.08. The van der Waals surface area contributed by atoms with Crippen molar-refractivity contribution in [1.82, 2.24) is 0 Å².